The largest absolute Gasteiger partial charge is 0.457 e. The van der Waals surface area contributed by atoms with Gasteiger partial charge in [-0.1, -0.05) is 12.1 Å². The van der Waals surface area contributed by atoms with Gasteiger partial charge in [0.1, 0.15) is 11.5 Å². The summed E-state index contributed by atoms with van der Waals surface area (Å²) in [5, 5.41) is 13.6. The first-order valence-corrected chi connectivity index (χ1v) is 10.0. The lowest BCUT2D eigenvalue weighted by atomic mass is 9.99. The van der Waals surface area contributed by atoms with E-state index in [0.717, 1.165) is 70.5 Å². The van der Waals surface area contributed by atoms with Crippen molar-refractivity contribution in [3.8, 4) is 11.5 Å². The fraction of sp³-hybridized carbons (Fsp3) is 0.429. The number of hydrogen-bond donors (Lipinski definition) is 1. The standard InChI is InChI=1S/C21H24N2O3.HNO3/c1-3-18(22-5-9-24-10-6-22)14-20-16(1)13-17-2-4-19(15-21(17)26-20)23-7-11-25-12-8-23;2-1(3)4/h1-4,14-15H,5-13H2;(H,2,3,4). The second-order valence-corrected chi connectivity index (χ2v) is 7.30. The molecule has 160 valence electrons. The highest BCUT2D eigenvalue weighted by Crippen LogP contribution is 2.40. The molecule has 9 nitrogen and oxygen atoms in total. The average molecular weight is 415 g/mol. The zero-order valence-electron chi connectivity index (χ0n) is 16.7. The van der Waals surface area contributed by atoms with E-state index in [1.807, 2.05) is 0 Å². The minimum Gasteiger partial charge on any atom is -0.457 e. The molecule has 2 aromatic rings. The molecule has 30 heavy (non-hydrogen) atoms. The van der Waals surface area contributed by atoms with Gasteiger partial charge in [-0.15, -0.1) is 10.1 Å². The summed E-state index contributed by atoms with van der Waals surface area (Å²) in [6.45, 7) is 6.95. The van der Waals surface area contributed by atoms with Crippen LogP contribution in [0.2, 0.25) is 0 Å². The molecule has 0 atom stereocenters. The fourth-order valence-electron chi connectivity index (χ4n) is 3.93. The molecule has 3 aliphatic rings. The molecule has 0 saturated carbocycles. The summed E-state index contributed by atoms with van der Waals surface area (Å²) >= 11 is 0. The van der Waals surface area contributed by atoms with Gasteiger partial charge in [0.05, 0.1) is 26.4 Å². The first-order chi connectivity index (χ1) is 14.6. The molecule has 0 bridgehead atoms. The maximum Gasteiger partial charge on any atom is 0.291 e. The van der Waals surface area contributed by atoms with Crippen LogP contribution in [-0.2, 0) is 15.9 Å². The number of ether oxygens (including phenoxy) is 3. The van der Waals surface area contributed by atoms with Gasteiger partial charge in [0, 0.05) is 56.1 Å². The number of hydrogen-bond acceptors (Lipinski definition) is 7. The van der Waals surface area contributed by atoms with E-state index in [0.29, 0.717) is 0 Å². The topological polar surface area (TPSA) is 97.5 Å². The Balaban J connectivity index is 0.000000503. The van der Waals surface area contributed by atoms with Crippen LogP contribution in [0, 0.1) is 10.1 Å². The second-order valence-electron chi connectivity index (χ2n) is 7.30. The molecule has 0 unspecified atom stereocenters. The van der Waals surface area contributed by atoms with Crippen molar-refractivity contribution >= 4 is 11.4 Å². The Kier molecular flexibility index (Phi) is 6.20. The zero-order valence-corrected chi connectivity index (χ0v) is 16.7. The van der Waals surface area contributed by atoms with Crippen molar-refractivity contribution in [2.75, 3.05) is 62.4 Å². The number of nitrogens with zero attached hydrogens (tertiary/aromatic N) is 3. The van der Waals surface area contributed by atoms with Gasteiger partial charge in [-0.3, -0.25) is 0 Å². The van der Waals surface area contributed by atoms with Gasteiger partial charge in [-0.05, 0) is 23.3 Å². The number of benzene rings is 2. The Labute approximate surface area is 174 Å². The molecule has 0 aliphatic carbocycles. The second kappa shape index (κ2) is 9.19. The third-order valence-electron chi connectivity index (χ3n) is 5.45. The van der Waals surface area contributed by atoms with Crippen LogP contribution < -0.4 is 14.5 Å². The van der Waals surface area contributed by atoms with E-state index in [2.05, 4.69) is 46.2 Å². The minimum atomic E-state index is -1.50. The van der Waals surface area contributed by atoms with Crippen LogP contribution in [0.5, 0.6) is 11.5 Å². The van der Waals surface area contributed by atoms with Crippen molar-refractivity contribution in [3.05, 3.63) is 57.6 Å². The lowest BCUT2D eigenvalue weighted by Crippen LogP contribution is -2.36. The highest BCUT2D eigenvalue weighted by Gasteiger charge is 2.21. The monoisotopic (exact) mass is 415 g/mol. The van der Waals surface area contributed by atoms with Crippen LogP contribution in [0.15, 0.2) is 36.4 Å². The fourth-order valence-corrected chi connectivity index (χ4v) is 3.93. The van der Waals surface area contributed by atoms with Crippen molar-refractivity contribution in [1.82, 2.24) is 0 Å². The average Bonchev–Trinajstić information content (AvgIpc) is 2.78. The third-order valence-corrected chi connectivity index (χ3v) is 5.45. The van der Waals surface area contributed by atoms with Crippen molar-refractivity contribution in [3.63, 3.8) is 0 Å². The summed E-state index contributed by atoms with van der Waals surface area (Å²) in [6, 6.07) is 13.2. The summed E-state index contributed by atoms with van der Waals surface area (Å²) in [4.78, 5) is 13.1. The molecular formula is C21H25N3O6. The van der Waals surface area contributed by atoms with E-state index in [1.165, 1.54) is 22.5 Å². The molecule has 9 heteroatoms. The highest BCUT2D eigenvalue weighted by molar-refractivity contribution is 5.62. The summed E-state index contributed by atoms with van der Waals surface area (Å²) in [7, 11) is 0. The first-order valence-electron chi connectivity index (χ1n) is 10.0. The van der Waals surface area contributed by atoms with Crippen molar-refractivity contribution in [2.24, 2.45) is 0 Å². The number of anilines is 2. The van der Waals surface area contributed by atoms with Crippen LogP contribution in [0.25, 0.3) is 0 Å². The number of fused-ring (bicyclic) bond motifs is 2. The van der Waals surface area contributed by atoms with Crippen LogP contribution in [0.1, 0.15) is 11.1 Å². The molecule has 2 fully saturated rings. The van der Waals surface area contributed by atoms with Gasteiger partial charge >= 0.3 is 0 Å². The van der Waals surface area contributed by atoms with E-state index in [9.17, 15) is 0 Å². The van der Waals surface area contributed by atoms with Crippen LogP contribution >= 0.6 is 0 Å². The normalized spacial score (nSPS) is 17.7. The predicted octanol–water partition coefficient (Wildman–Crippen LogP) is 2.71. The highest BCUT2D eigenvalue weighted by atomic mass is 16.9. The van der Waals surface area contributed by atoms with Crippen molar-refractivity contribution in [2.45, 2.75) is 6.42 Å². The molecule has 2 saturated heterocycles. The van der Waals surface area contributed by atoms with E-state index < -0.39 is 5.09 Å². The molecule has 2 aromatic carbocycles. The molecule has 5 rings (SSSR count). The molecule has 3 aliphatic heterocycles. The molecule has 0 amide bonds. The van der Waals surface area contributed by atoms with Crippen molar-refractivity contribution in [1.29, 1.82) is 0 Å². The van der Waals surface area contributed by atoms with Gasteiger partial charge in [-0.25, -0.2) is 0 Å². The van der Waals surface area contributed by atoms with Crippen molar-refractivity contribution < 1.29 is 24.5 Å². The Morgan fingerprint density at radius 2 is 1.20 bits per heavy atom. The maximum absolute atomic E-state index is 8.36. The third kappa shape index (κ3) is 4.74. The zero-order chi connectivity index (χ0) is 20.9. The Morgan fingerprint density at radius 1 is 0.800 bits per heavy atom. The lowest BCUT2D eigenvalue weighted by Gasteiger charge is -2.31. The summed E-state index contributed by atoms with van der Waals surface area (Å²) in [6.07, 6.45) is 0.928. The summed E-state index contributed by atoms with van der Waals surface area (Å²) in [5.74, 6) is 1.97. The maximum atomic E-state index is 8.36. The van der Waals surface area contributed by atoms with E-state index in [-0.39, 0.29) is 0 Å². The first kappa shape index (κ1) is 20.2. The Bertz CT molecular complexity index is 825. The Morgan fingerprint density at radius 3 is 1.60 bits per heavy atom. The van der Waals surface area contributed by atoms with Gasteiger partial charge in [0.15, 0.2) is 0 Å². The number of morpholine rings is 2. The Hall–Kier alpha value is -3.04. The molecule has 0 aromatic heterocycles. The van der Waals surface area contributed by atoms with Gasteiger partial charge in [-0.2, -0.15) is 0 Å². The number of rotatable bonds is 2. The van der Waals surface area contributed by atoms with E-state index in [1.54, 1.807) is 0 Å². The predicted molar refractivity (Wildman–Crippen MR) is 111 cm³/mol. The quantitative estimate of drug-likeness (QED) is 0.504. The van der Waals surface area contributed by atoms with E-state index in [4.69, 9.17) is 29.5 Å². The molecular weight excluding hydrogens is 390 g/mol. The smallest absolute Gasteiger partial charge is 0.291 e. The summed E-state index contributed by atoms with van der Waals surface area (Å²) < 4.78 is 17.3. The molecule has 3 heterocycles. The molecule has 1 N–H and O–H groups in total. The minimum absolute atomic E-state index is 0.795. The molecule has 0 spiro atoms. The van der Waals surface area contributed by atoms with Crippen LogP contribution in [0.3, 0.4) is 0 Å². The SMILES string of the molecule is O=[N+]([O-])O.c1cc2c(cc1N1CCOCC1)Oc1cc(N3CCOCC3)ccc1C2. The summed E-state index contributed by atoms with van der Waals surface area (Å²) in [5.41, 5.74) is 4.96. The van der Waals surface area contributed by atoms with Crippen LogP contribution in [0.4, 0.5) is 11.4 Å². The van der Waals surface area contributed by atoms with E-state index >= 15 is 0 Å². The van der Waals surface area contributed by atoms with Gasteiger partial charge < -0.3 is 29.2 Å². The van der Waals surface area contributed by atoms with Crippen LogP contribution in [-0.4, -0.2) is 62.9 Å². The lowest BCUT2D eigenvalue weighted by molar-refractivity contribution is -0.742. The van der Waals surface area contributed by atoms with Gasteiger partial charge in [0.25, 0.3) is 5.09 Å². The molecule has 0 radical (unpaired) electrons. The van der Waals surface area contributed by atoms with Gasteiger partial charge in [0.2, 0.25) is 0 Å².